The minimum atomic E-state index is -3.82. The molecule has 2 aliphatic carbocycles. The molecule has 3 amide bonds. The quantitative estimate of drug-likeness (QED) is 0.193. The van der Waals surface area contributed by atoms with Crippen molar-refractivity contribution < 1.29 is 27.5 Å². The van der Waals surface area contributed by atoms with Crippen LogP contribution in [0.5, 0.6) is 0 Å². The fourth-order valence-electron chi connectivity index (χ4n) is 6.51. The van der Waals surface area contributed by atoms with Crippen molar-refractivity contribution in [1.29, 1.82) is 0 Å². The number of benzene rings is 1. The number of allylic oxidation sites excluding steroid dienone is 4. The zero-order valence-electron chi connectivity index (χ0n) is 27.5. The van der Waals surface area contributed by atoms with E-state index in [1.165, 1.54) is 0 Å². The molecule has 5 rings (SSSR count). The average Bonchev–Trinajstić information content (AvgIpc) is 3.98. The number of amides is 3. The Morgan fingerprint density at radius 1 is 1.11 bits per heavy atom. The van der Waals surface area contributed by atoms with Crippen LogP contribution in [-0.4, -0.2) is 66.6 Å². The van der Waals surface area contributed by atoms with Crippen LogP contribution in [0.3, 0.4) is 0 Å². The van der Waals surface area contributed by atoms with Gasteiger partial charge in [-0.3, -0.25) is 19.1 Å². The maximum Gasteiger partial charge on any atom is 0.263 e. The van der Waals surface area contributed by atoms with E-state index in [9.17, 15) is 22.8 Å². The molecule has 0 unspecified atom stereocenters. The van der Waals surface area contributed by atoms with Gasteiger partial charge in [-0.2, -0.15) is 0 Å². The van der Waals surface area contributed by atoms with Crippen molar-refractivity contribution in [2.45, 2.75) is 114 Å². The fraction of sp³-hybridized carbons (Fsp3) is 0.528. The number of sulfonamides is 1. The predicted molar refractivity (Wildman–Crippen MR) is 181 cm³/mol. The van der Waals surface area contributed by atoms with Gasteiger partial charge in [-0.05, 0) is 63.2 Å². The summed E-state index contributed by atoms with van der Waals surface area (Å²) >= 11 is 0. The summed E-state index contributed by atoms with van der Waals surface area (Å²) in [5.74, 6) is -0.871. The first kappa shape index (κ1) is 34.6. The van der Waals surface area contributed by atoms with E-state index in [0.29, 0.717) is 42.7 Å². The van der Waals surface area contributed by atoms with Crippen molar-refractivity contribution in [3.05, 3.63) is 83.7 Å². The van der Waals surface area contributed by atoms with Crippen molar-refractivity contribution in [3.63, 3.8) is 0 Å². The monoisotopic (exact) mass is 664 g/mol. The highest BCUT2D eigenvalue weighted by atomic mass is 32.2. The molecule has 2 saturated carbocycles. The first-order valence-corrected chi connectivity index (χ1v) is 18.4. The average molecular weight is 665 g/mol. The molecule has 3 N–H and O–H groups in total. The fourth-order valence-corrected chi connectivity index (χ4v) is 7.86. The van der Waals surface area contributed by atoms with Crippen molar-refractivity contribution >= 4 is 27.7 Å². The molecule has 0 radical (unpaired) electrons. The largest absolute Gasteiger partial charge is 0.488 e. The molecule has 0 bridgehead atoms. The number of rotatable bonds is 10. The Morgan fingerprint density at radius 3 is 2.55 bits per heavy atom. The molecule has 4 aliphatic rings. The number of nitrogens with zero attached hydrogens (tertiary/aromatic N) is 1. The lowest BCUT2D eigenvalue weighted by molar-refractivity contribution is -0.141. The normalized spacial score (nSPS) is 28.6. The van der Waals surface area contributed by atoms with Gasteiger partial charge >= 0.3 is 0 Å². The molecule has 4 atom stereocenters. The molecule has 0 aromatic heterocycles. The highest BCUT2D eigenvalue weighted by molar-refractivity contribution is 7.91. The third-order valence-corrected chi connectivity index (χ3v) is 11.2. The van der Waals surface area contributed by atoms with Gasteiger partial charge < -0.3 is 20.3 Å². The third-order valence-electron chi connectivity index (χ3n) is 9.42. The lowest BCUT2D eigenvalue weighted by Crippen LogP contribution is -2.57. The molecule has 47 heavy (non-hydrogen) atoms. The number of carbonyl (C=O) groups is 3. The zero-order chi connectivity index (χ0) is 33.6. The summed E-state index contributed by atoms with van der Waals surface area (Å²) in [4.78, 5) is 43.7. The van der Waals surface area contributed by atoms with E-state index >= 15 is 0 Å². The van der Waals surface area contributed by atoms with E-state index < -0.39 is 50.8 Å². The van der Waals surface area contributed by atoms with E-state index in [0.717, 1.165) is 37.7 Å². The highest BCUT2D eigenvalue weighted by Crippen LogP contribution is 2.45. The molecule has 11 heteroatoms. The Hall–Kier alpha value is -3.70. The molecule has 1 aromatic carbocycles. The van der Waals surface area contributed by atoms with Crippen LogP contribution in [0.2, 0.25) is 0 Å². The van der Waals surface area contributed by atoms with Gasteiger partial charge in [0.2, 0.25) is 21.8 Å². The van der Waals surface area contributed by atoms with E-state index in [1.807, 2.05) is 68.5 Å². The van der Waals surface area contributed by atoms with Crippen LogP contribution in [0.15, 0.2) is 78.1 Å². The molecule has 3 fully saturated rings. The second-order valence-electron chi connectivity index (χ2n) is 13.0. The Labute approximate surface area is 278 Å². The van der Waals surface area contributed by atoms with Gasteiger partial charge in [0, 0.05) is 25.0 Å². The predicted octanol–water partition coefficient (Wildman–Crippen LogP) is 4.31. The zero-order valence-corrected chi connectivity index (χ0v) is 28.3. The molecule has 2 heterocycles. The number of nitrogens with one attached hydrogen (secondary N) is 3. The van der Waals surface area contributed by atoms with Crippen molar-refractivity contribution in [2.24, 2.45) is 0 Å². The Morgan fingerprint density at radius 2 is 1.85 bits per heavy atom. The molecule has 2 aliphatic heterocycles. The number of ether oxygens (including phenoxy) is 1. The van der Waals surface area contributed by atoms with E-state index in [2.05, 4.69) is 21.9 Å². The van der Waals surface area contributed by atoms with Crippen LogP contribution in [0.25, 0.3) is 0 Å². The van der Waals surface area contributed by atoms with Crippen LogP contribution in [0.1, 0.15) is 83.6 Å². The van der Waals surface area contributed by atoms with Gasteiger partial charge in [0.1, 0.15) is 23.4 Å². The maximum atomic E-state index is 14.4. The molecule has 254 valence electrons. The summed E-state index contributed by atoms with van der Waals surface area (Å²) in [5.41, 5.74) is 0.980. The first-order chi connectivity index (χ1) is 22.6. The third kappa shape index (κ3) is 8.43. The maximum absolute atomic E-state index is 14.4. The van der Waals surface area contributed by atoms with Gasteiger partial charge in [-0.1, -0.05) is 74.4 Å². The smallest absolute Gasteiger partial charge is 0.263 e. The second-order valence-corrected chi connectivity index (χ2v) is 15.0. The lowest BCUT2D eigenvalue weighted by Gasteiger charge is -2.30. The van der Waals surface area contributed by atoms with Gasteiger partial charge in [0.15, 0.2) is 0 Å². The van der Waals surface area contributed by atoms with Gasteiger partial charge in [0.05, 0.1) is 17.8 Å². The van der Waals surface area contributed by atoms with E-state index in [-0.39, 0.29) is 25.3 Å². The summed E-state index contributed by atoms with van der Waals surface area (Å²) in [6, 6.07) is 8.43. The van der Waals surface area contributed by atoms with E-state index in [1.54, 1.807) is 4.90 Å². The van der Waals surface area contributed by atoms with Gasteiger partial charge in [-0.25, -0.2) is 8.42 Å². The number of carbonyl (C=O) groups excluding carboxylic acids is 3. The van der Waals surface area contributed by atoms with Crippen molar-refractivity contribution in [1.82, 2.24) is 20.3 Å². The topological polar surface area (TPSA) is 134 Å². The molecule has 1 saturated heterocycles. The molecular weight excluding hydrogens is 616 g/mol. The molecule has 0 spiro atoms. The number of fused-ring (bicyclic) bond motifs is 2. The minimum absolute atomic E-state index is 0.179. The van der Waals surface area contributed by atoms with Gasteiger partial charge in [-0.15, -0.1) is 0 Å². The van der Waals surface area contributed by atoms with Crippen LogP contribution in [-0.2, 0) is 35.7 Å². The van der Waals surface area contributed by atoms with Crippen LogP contribution in [0, 0.1) is 0 Å². The summed E-state index contributed by atoms with van der Waals surface area (Å²) in [5, 5.41) is 5.79. The minimum Gasteiger partial charge on any atom is -0.488 e. The van der Waals surface area contributed by atoms with Crippen LogP contribution in [0.4, 0.5) is 0 Å². The summed E-state index contributed by atoms with van der Waals surface area (Å²) in [6.07, 6.45) is 13.4. The number of hydrogen-bond acceptors (Lipinski definition) is 7. The van der Waals surface area contributed by atoms with Crippen LogP contribution < -0.4 is 15.4 Å². The lowest BCUT2D eigenvalue weighted by atomic mass is 10.0. The number of hydrogen-bond donors (Lipinski definition) is 3. The molecule has 10 nitrogen and oxygen atoms in total. The first-order valence-electron chi connectivity index (χ1n) is 16.9. The molecule has 1 aromatic rings. The molecular formula is C36H48N4O6S. The Balaban J connectivity index is 1.43. The van der Waals surface area contributed by atoms with Gasteiger partial charge in [0.25, 0.3) is 5.91 Å². The standard InChI is InChI=1S/C36H48N4O6S/c1-4-14-25(3)32(5-2)46-28-21-31-33(41)38-36(35(43)39-47(44,45)29-19-20-29)22-27(36)17-12-7-6-8-13-18-30(34(42)40(31)24-28)37-23-26-15-10-9-11-16-26/h4-5,9-11,14-17,28-31,37H,3,6-8,12-13,18-24H2,1-2H3,(H,38,41)(H,39,43)/b14-4-,27-17+,32-5+/t28-,30+,31+,36-/m1/s1. The second kappa shape index (κ2) is 15.0. The SMILES string of the molecule is C=C(/C=C\C)/C(=C\C)O[C@@H]1C[C@H]2C(=O)N[C@]3(C(=O)NS(=O)(=O)C4CC4)C/C3=C\CCCCCC[C@H](NCc3ccccc3)C(=O)N2C1. The summed E-state index contributed by atoms with van der Waals surface area (Å²) in [6.45, 7) is 8.50. The van der Waals surface area contributed by atoms with Crippen molar-refractivity contribution in [3.8, 4) is 0 Å². The summed E-state index contributed by atoms with van der Waals surface area (Å²) in [7, 11) is -3.82. The van der Waals surface area contributed by atoms with E-state index in [4.69, 9.17) is 4.74 Å². The Bertz CT molecular complexity index is 1550. The van der Waals surface area contributed by atoms with Crippen LogP contribution >= 0.6 is 0 Å². The van der Waals surface area contributed by atoms with Crippen molar-refractivity contribution in [2.75, 3.05) is 6.54 Å². The Kier molecular flexibility index (Phi) is 11.1. The summed E-state index contributed by atoms with van der Waals surface area (Å²) < 4.78 is 34.0. The highest BCUT2D eigenvalue weighted by Gasteiger charge is 2.59.